The maximum Gasteiger partial charge on any atom is 1.00 e. The van der Waals surface area contributed by atoms with E-state index in [1.165, 1.54) is 27.9 Å². The van der Waals surface area contributed by atoms with Gasteiger partial charge in [0.25, 0.3) is 12.4 Å². The van der Waals surface area contributed by atoms with Crippen LogP contribution in [0, 0.1) is 37.1 Å². The molecule has 8 rings (SSSR count). The van der Waals surface area contributed by atoms with Crippen LogP contribution in [0.5, 0.6) is 5.88 Å². The number of aromatic nitrogens is 8. The average molecular weight is 1410 g/mol. The van der Waals surface area contributed by atoms with Gasteiger partial charge in [-0.25, -0.2) is 81.7 Å². The summed E-state index contributed by atoms with van der Waals surface area (Å²) in [6, 6.07) is 3.74. The summed E-state index contributed by atoms with van der Waals surface area (Å²) in [5, 5.41) is 31.2. The second-order valence-corrected chi connectivity index (χ2v) is 20.6. The third-order valence-electron chi connectivity index (χ3n) is 10.4. The van der Waals surface area contributed by atoms with E-state index in [9.17, 15) is 43.2 Å². The molecule has 2 aliphatic rings. The molecule has 79 heavy (non-hydrogen) atoms. The number of aliphatic imine (C=N–C) groups is 2. The molecule has 2 aromatic carbocycles. The van der Waals surface area contributed by atoms with Crippen molar-refractivity contribution in [3.05, 3.63) is 135 Å². The van der Waals surface area contributed by atoms with Gasteiger partial charge in [-0.15, -0.1) is 20.4 Å². The molecule has 4 aromatic heterocycles. The van der Waals surface area contributed by atoms with Crippen LogP contribution in [0.1, 0.15) is 72.5 Å². The third-order valence-corrected chi connectivity index (χ3v) is 14.5. The molecule has 0 radical (unpaired) electrons. The molecule has 2 atom stereocenters. The van der Waals surface area contributed by atoms with E-state index in [1.54, 1.807) is 13.8 Å². The van der Waals surface area contributed by atoms with Crippen LogP contribution in [0.2, 0.25) is 5.15 Å². The van der Waals surface area contributed by atoms with E-state index < -0.39 is 83.1 Å². The van der Waals surface area contributed by atoms with Crippen LogP contribution in [0.3, 0.4) is 0 Å². The zero-order chi connectivity index (χ0) is 57.2. The number of rotatable bonds is 11. The van der Waals surface area contributed by atoms with Gasteiger partial charge in [0.05, 0.1) is 36.3 Å². The summed E-state index contributed by atoms with van der Waals surface area (Å²) in [6.45, 7) is 5.46. The molecule has 6 heterocycles. The standard InChI is InChI=1S/C21H20F3N7O4S.C17H15ClF3N5O2S.C4H6N2O2.CH2O3.2Cs.H/c1-11-29-30-18(35-11)9-34-17-8-26-16(7-27-17)14(22)5-12-4-13(19(24)15(23)6-12)21(2)10-36(32,33)31(3)20(25)28-21;1-17(8-29(27,28)26(2)16(22)25-17)10-3-9(5-12(20)15(10)21)4-11(19)13-6-24-14(18)7-23-13;1-3-5-6-4(2-7)8-3;2-1-4-3;;;/h4-8H,9-10H2,1-3H3,(H2,25,28);3-7H,8H2,1-2H3,(H2,22,25);7H,2H2,1H3;1,3H;;;/q;;;;2*+1;-1/p-1/b14-5-;11-4-;;;;;/t21-;17-;;;;;/m00...../s1. The number of aliphatic hydroxyl groups excluding tert-OH is 1. The summed E-state index contributed by atoms with van der Waals surface area (Å²) < 4.78 is 153. The largest absolute Gasteiger partial charge is 1.00 e. The number of nitrogens with zero attached hydrogens (tertiary/aromatic N) is 12. The van der Waals surface area contributed by atoms with Crippen molar-refractivity contribution in [2.75, 3.05) is 25.6 Å². The maximum atomic E-state index is 14.9. The molecule has 414 valence electrons. The molecule has 0 unspecified atom stereocenters. The Hall–Kier alpha value is -4.04. The zero-order valence-electron chi connectivity index (χ0n) is 43.7. The Morgan fingerprint density at radius 1 is 0.747 bits per heavy atom. The van der Waals surface area contributed by atoms with Crippen molar-refractivity contribution < 1.29 is 216 Å². The Bertz CT molecular complexity index is 3490. The van der Waals surface area contributed by atoms with E-state index in [1.807, 2.05) is 0 Å². The number of halogens is 7. The molecule has 0 bridgehead atoms. The van der Waals surface area contributed by atoms with Crippen LogP contribution in [-0.4, -0.2) is 115 Å². The first-order chi connectivity index (χ1) is 36.0. The smallest absolute Gasteiger partial charge is 1.00 e. The molecule has 25 nitrogen and oxygen atoms in total. The van der Waals surface area contributed by atoms with Gasteiger partial charge in [-0.1, -0.05) is 11.6 Å². The number of aliphatic hydroxyl groups is 1. The van der Waals surface area contributed by atoms with E-state index in [0.717, 1.165) is 69.8 Å². The molecule has 0 saturated carbocycles. The molecule has 6 aromatic rings. The normalized spacial score (nSPS) is 18.3. The molecule has 36 heteroatoms. The third kappa shape index (κ3) is 18.5. The second-order valence-electron chi connectivity index (χ2n) is 16.2. The second kappa shape index (κ2) is 29.8. The number of hydrogen-bond donors (Lipinski definition) is 3. The number of carbonyl (C=O) groups is 1. The van der Waals surface area contributed by atoms with Gasteiger partial charge in [-0.05, 0) is 61.4 Å². The van der Waals surface area contributed by atoms with Gasteiger partial charge in [0.2, 0.25) is 55.5 Å². The van der Waals surface area contributed by atoms with Gasteiger partial charge in [0.15, 0.2) is 41.5 Å². The van der Waals surface area contributed by atoms with Crippen molar-refractivity contribution in [3.63, 3.8) is 0 Å². The first-order valence-electron chi connectivity index (χ1n) is 21.3. The van der Waals surface area contributed by atoms with E-state index in [4.69, 9.17) is 51.8 Å². The number of sulfonamides is 2. The fourth-order valence-corrected chi connectivity index (χ4v) is 9.67. The predicted molar refractivity (Wildman–Crippen MR) is 257 cm³/mol. The number of benzene rings is 2. The molecule has 0 spiro atoms. The number of ether oxygens (including phenoxy) is 1. The van der Waals surface area contributed by atoms with Crippen LogP contribution < -0.4 is 159 Å². The molecule has 0 fully saturated rings. The summed E-state index contributed by atoms with van der Waals surface area (Å²) in [6.07, 6.45) is 6.25. The number of hydrogen-bond acceptors (Lipinski definition) is 23. The SMILES string of the molecule is CN1C(N)=N[C@](C)(c2cc(/C=C(\F)c3cnc(Cl)cn3)cc(F)c2F)CS1(=O)=O.Cc1nnc(CO)o1.Cc1nnc(COc2cnc(/C(F)=C/c3cc(F)c(F)c([C@]4(C)CS(=O)(=O)N(C)C(N)=N4)c3)cn2)o1.O=CO[O-].[Cs+].[Cs+].[H-]. The van der Waals surface area contributed by atoms with Crippen LogP contribution in [-0.2, 0) is 54.0 Å². The molecular formula is C43H43ClCs2F6N14O11S2. The summed E-state index contributed by atoms with van der Waals surface area (Å²) in [5.74, 6) is -7.70. The summed E-state index contributed by atoms with van der Waals surface area (Å²) in [7, 11) is -5.46. The molecule has 0 aliphatic carbocycles. The molecule has 0 amide bonds. The van der Waals surface area contributed by atoms with Crippen molar-refractivity contribution >= 4 is 73.8 Å². The van der Waals surface area contributed by atoms with E-state index in [-0.39, 0.29) is 222 Å². The Kier molecular flexibility index (Phi) is 26.1. The summed E-state index contributed by atoms with van der Waals surface area (Å²) in [4.78, 5) is 34.6. The van der Waals surface area contributed by atoms with Crippen LogP contribution in [0.4, 0.5) is 26.3 Å². The Balaban J connectivity index is 0.000000444. The van der Waals surface area contributed by atoms with E-state index in [0.29, 0.717) is 11.8 Å². The maximum absolute atomic E-state index is 14.9. The number of aryl methyl sites for hydroxylation is 2. The van der Waals surface area contributed by atoms with Crippen LogP contribution in [0.25, 0.3) is 23.8 Å². The monoisotopic (exact) mass is 1410 g/mol. The Labute approximate surface area is 569 Å². The van der Waals surface area contributed by atoms with Gasteiger partial charge in [-0.3, -0.25) is 4.79 Å². The predicted octanol–water partition coefficient (Wildman–Crippen LogP) is -2.60. The average Bonchev–Trinajstić information content (AvgIpc) is 4.00. The first kappa shape index (κ1) is 69.2. The molecule has 0 saturated heterocycles. The van der Waals surface area contributed by atoms with Gasteiger partial charge < -0.3 is 41.7 Å². The molecular weight excluding hydrogens is 1370 g/mol. The van der Waals surface area contributed by atoms with Gasteiger partial charge in [0, 0.05) is 39.1 Å². The minimum absolute atomic E-state index is 0. The number of nitrogens with two attached hydrogens (primary N) is 2. The minimum Gasteiger partial charge on any atom is -1.00 e. The van der Waals surface area contributed by atoms with Crippen LogP contribution >= 0.6 is 11.6 Å². The van der Waals surface area contributed by atoms with Gasteiger partial charge >= 0.3 is 138 Å². The quantitative estimate of drug-likeness (QED) is 0.0518. The summed E-state index contributed by atoms with van der Waals surface area (Å²) >= 11 is 5.60. The molecule has 2 aliphatic heterocycles. The Morgan fingerprint density at radius 2 is 1.16 bits per heavy atom. The molecule has 5 N–H and O–H groups in total. The number of guanidine groups is 2. The van der Waals surface area contributed by atoms with Crippen molar-refractivity contribution in [3.8, 4) is 5.88 Å². The van der Waals surface area contributed by atoms with Crippen LogP contribution in [0.15, 0.2) is 67.9 Å². The van der Waals surface area contributed by atoms with Crippen molar-refractivity contribution in [2.24, 2.45) is 21.5 Å². The first-order valence-corrected chi connectivity index (χ1v) is 24.9. The number of carbonyl (C=O) groups excluding carboxylic acids is 1. The topological polar surface area (TPSA) is 360 Å². The zero-order valence-corrected chi connectivity index (χ0v) is 57.6. The van der Waals surface area contributed by atoms with Crippen molar-refractivity contribution in [1.29, 1.82) is 0 Å². The fourth-order valence-electron chi connectivity index (χ4n) is 6.67. The van der Waals surface area contributed by atoms with E-state index in [2.05, 4.69) is 55.2 Å². The van der Waals surface area contributed by atoms with Gasteiger partial charge in [-0.2, -0.15) is 0 Å². The van der Waals surface area contributed by atoms with Crippen molar-refractivity contribution in [2.45, 2.75) is 52.0 Å². The van der Waals surface area contributed by atoms with Gasteiger partial charge in [0.1, 0.15) is 34.2 Å². The fraction of sp³-hybridized carbons (Fsp3) is 0.279. The summed E-state index contributed by atoms with van der Waals surface area (Å²) in [5.41, 5.74) is 6.57. The minimum atomic E-state index is -3.94. The van der Waals surface area contributed by atoms with E-state index >= 15 is 0 Å². The Morgan fingerprint density at radius 3 is 1.49 bits per heavy atom. The van der Waals surface area contributed by atoms with Crippen molar-refractivity contribution in [1.82, 2.24) is 48.9 Å².